The van der Waals surface area contributed by atoms with Crippen LogP contribution in [0, 0.1) is 0 Å². The van der Waals surface area contributed by atoms with Crippen LogP contribution in [-0.2, 0) is 14.4 Å². The van der Waals surface area contributed by atoms with Gasteiger partial charge >= 0.3 is 18.2 Å². The molecule has 1 aliphatic rings. The first kappa shape index (κ1) is 20.2. The molecule has 1 heterocycles. The fraction of sp³-hybridized carbons (Fsp3) is 0.211. The summed E-state index contributed by atoms with van der Waals surface area (Å²) in [6, 6.07) is 10.8. The minimum Gasteiger partial charge on any atom is -0.406 e. The van der Waals surface area contributed by atoms with Gasteiger partial charge in [0.05, 0.1) is 0 Å². The van der Waals surface area contributed by atoms with E-state index in [1.807, 2.05) is 0 Å². The smallest absolute Gasteiger partial charge is 0.406 e. The monoisotopic (exact) mass is 407 g/mol. The summed E-state index contributed by atoms with van der Waals surface area (Å²) in [5.41, 5.74) is 1.19. The minimum absolute atomic E-state index is 0.0350. The lowest BCUT2D eigenvalue weighted by atomic mass is 10.2. The molecule has 10 heteroatoms. The molecule has 2 aromatic carbocycles. The predicted molar refractivity (Wildman–Crippen MR) is 98.4 cm³/mol. The van der Waals surface area contributed by atoms with Gasteiger partial charge in [-0.25, -0.2) is 0 Å². The lowest BCUT2D eigenvalue weighted by Crippen LogP contribution is -2.29. The number of carbonyl (C=O) groups excluding carboxylic acids is 3. The second kappa shape index (κ2) is 8.21. The third kappa shape index (κ3) is 5.47. The Morgan fingerprint density at radius 2 is 1.41 bits per heavy atom. The molecule has 0 aromatic heterocycles. The van der Waals surface area contributed by atoms with Crippen LogP contribution in [0.3, 0.4) is 0 Å². The van der Waals surface area contributed by atoms with Crippen molar-refractivity contribution < 1.29 is 32.3 Å². The summed E-state index contributed by atoms with van der Waals surface area (Å²) < 4.78 is 40.1. The van der Waals surface area contributed by atoms with E-state index in [1.54, 1.807) is 29.2 Å². The lowest BCUT2D eigenvalue weighted by molar-refractivity contribution is -0.274. The molecule has 1 aliphatic heterocycles. The van der Waals surface area contributed by atoms with Crippen LogP contribution in [0.25, 0.3) is 0 Å². The number of rotatable bonds is 4. The molecule has 2 aromatic rings. The highest BCUT2D eigenvalue weighted by Gasteiger charge is 2.31. The van der Waals surface area contributed by atoms with E-state index in [4.69, 9.17) is 0 Å². The maximum absolute atomic E-state index is 12.1. The van der Waals surface area contributed by atoms with Crippen molar-refractivity contribution in [2.24, 2.45) is 0 Å². The second-order valence-electron chi connectivity index (χ2n) is 6.18. The van der Waals surface area contributed by atoms with E-state index >= 15 is 0 Å². The minimum atomic E-state index is -4.82. The Balaban J connectivity index is 1.55. The van der Waals surface area contributed by atoms with Gasteiger partial charge in [-0.2, -0.15) is 0 Å². The van der Waals surface area contributed by atoms with Crippen LogP contribution in [0.4, 0.5) is 30.2 Å². The predicted octanol–water partition coefficient (Wildman–Crippen LogP) is 3.29. The number of hydrogen-bond donors (Lipinski definition) is 2. The van der Waals surface area contributed by atoms with Crippen molar-refractivity contribution in [3.8, 4) is 5.75 Å². The van der Waals surface area contributed by atoms with Gasteiger partial charge in [0.25, 0.3) is 0 Å². The van der Waals surface area contributed by atoms with Gasteiger partial charge in [0, 0.05) is 30.0 Å². The molecule has 0 unspecified atom stereocenters. The molecule has 1 fully saturated rings. The number of nitrogens with zero attached hydrogens (tertiary/aromatic N) is 1. The molecule has 0 radical (unpaired) electrons. The molecule has 29 heavy (non-hydrogen) atoms. The molecule has 3 amide bonds. The normalized spacial score (nSPS) is 13.9. The Morgan fingerprint density at radius 3 is 1.86 bits per heavy atom. The van der Waals surface area contributed by atoms with Crippen LogP contribution in [0.5, 0.6) is 5.75 Å². The van der Waals surface area contributed by atoms with Crippen molar-refractivity contribution >= 4 is 34.8 Å². The molecule has 0 spiro atoms. The Morgan fingerprint density at radius 1 is 0.897 bits per heavy atom. The van der Waals surface area contributed by atoms with Gasteiger partial charge in [-0.3, -0.25) is 14.4 Å². The Bertz CT molecular complexity index is 912. The number of ether oxygens (including phenoxy) is 1. The van der Waals surface area contributed by atoms with E-state index in [2.05, 4.69) is 15.4 Å². The van der Waals surface area contributed by atoms with Gasteiger partial charge in [-0.1, -0.05) is 0 Å². The Kier molecular flexibility index (Phi) is 5.71. The molecule has 0 atom stereocenters. The van der Waals surface area contributed by atoms with E-state index < -0.39 is 23.9 Å². The average molecular weight is 407 g/mol. The van der Waals surface area contributed by atoms with E-state index in [9.17, 15) is 27.6 Å². The van der Waals surface area contributed by atoms with Gasteiger partial charge in [-0.05, 0) is 55.0 Å². The van der Waals surface area contributed by atoms with Gasteiger partial charge in [0.2, 0.25) is 5.91 Å². The third-order valence-electron chi connectivity index (χ3n) is 4.06. The Labute approximate surface area is 163 Å². The summed E-state index contributed by atoms with van der Waals surface area (Å²) in [5, 5.41) is 4.68. The highest BCUT2D eigenvalue weighted by Crippen LogP contribution is 2.24. The van der Waals surface area contributed by atoms with E-state index in [0.717, 1.165) is 18.6 Å². The van der Waals surface area contributed by atoms with Crippen LogP contribution >= 0.6 is 0 Å². The van der Waals surface area contributed by atoms with Gasteiger partial charge in [0.1, 0.15) is 5.75 Å². The summed E-state index contributed by atoms with van der Waals surface area (Å²) in [4.78, 5) is 37.3. The highest BCUT2D eigenvalue weighted by atomic mass is 19.4. The maximum atomic E-state index is 12.1. The zero-order chi connectivity index (χ0) is 21.0. The molecule has 0 bridgehead atoms. The number of nitrogens with one attached hydrogen (secondary N) is 2. The zero-order valence-corrected chi connectivity index (χ0v) is 15.0. The fourth-order valence-electron chi connectivity index (χ4n) is 2.76. The second-order valence-corrected chi connectivity index (χ2v) is 6.18. The van der Waals surface area contributed by atoms with Crippen molar-refractivity contribution in [3.63, 3.8) is 0 Å². The van der Waals surface area contributed by atoms with E-state index in [-0.39, 0.29) is 11.6 Å². The number of benzene rings is 2. The van der Waals surface area contributed by atoms with E-state index in [1.165, 1.54) is 12.1 Å². The third-order valence-corrected chi connectivity index (χ3v) is 4.06. The molecular formula is C19H16F3N3O4. The average Bonchev–Trinajstić information content (AvgIpc) is 3.08. The lowest BCUT2D eigenvalue weighted by Gasteiger charge is -2.16. The number of hydrogen-bond acceptors (Lipinski definition) is 4. The summed E-state index contributed by atoms with van der Waals surface area (Å²) >= 11 is 0. The summed E-state index contributed by atoms with van der Waals surface area (Å²) in [5.74, 6) is -2.36. The first-order chi connectivity index (χ1) is 13.7. The molecule has 3 rings (SSSR count). The number of amides is 3. The fourth-order valence-corrected chi connectivity index (χ4v) is 2.76. The first-order valence-electron chi connectivity index (χ1n) is 8.60. The number of halogens is 3. The van der Waals surface area contributed by atoms with Crippen molar-refractivity contribution in [2.75, 3.05) is 22.1 Å². The molecule has 0 saturated carbocycles. The van der Waals surface area contributed by atoms with Crippen molar-refractivity contribution in [2.45, 2.75) is 19.2 Å². The molecule has 1 saturated heterocycles. The molecule has 2 N–H and O–H groups in total. The van der Waals surface area contributed by atoms with E-state index in [0.29, 0.717) is 24.3 Å². The maximum Gasteiger partial charge on any atom is 0.573 e. The molecule has 0 aliphatic carbocycles. The largest absolute Gasteiger partial charge is 0.573 e. The first-order valence-corrected chi connectivity index (χ1v) is 8.60. The van der Waals surface area contributed by atoms with Crippen molar-refractivity contribution in [3.05, 3.63) is 48.5 Å². The van der Waals surface area contributed by atoms with Crippen LogP contribution in [0.2, 0.25) is 0 Å². The van der Waals surface area contributed by atoms with Crippen LogP contribution in [0.1, 0.15) is 12.8 Å². The SMILES string of the molecule is O=C(Nc1ccc(OC(F)(F)F)cc1)C(=O)Nc1ccc(N2CCCC2=O)cc1. The van der Waals surface area contributed by atoms with Gasteiger partial charge < -0.3 is 20.3 Å². The van der Waals surface area contributed by atoms with Gasteiger partial charge in [0.15, 0.2) is 0 Å². The molecule has 7 nitrogen and oxygen atoms in total. The van der Waals surface area contributed by atoms with Crippen LogP contribution < -0.4 is 20.3 Å². The van der Waals surface area contributed by atoms with Gasteiger partial charge in [-0.15, -0.1) is 13.2 Å². The summed E-state index contributed by atoms with van der Waals surface area (Å²) in [7, 11) is 0. The van der Waals surface area contributed by atoms with Crippen LogP contribution in [0.15, 0.2) is 48.5 Å². The Hall–Kier alpha value is -3.56. The highest BCUT2D eigenvalue weighted by molar-refractivity contribution is 6.43. The number of anilines is 3. The molecular weight excluding hydrogens is 391 g/mol. The standard InChI is InChI=1S/C19H16F3N3O4/c20-19(21,22)29-15-9-5-13(6-10-15)24-18(28)17(27)23-12-3-7-14(8-4-12)25-11-1-2-16(25)26/h3-10H,1-2,11H2,(H,23,27)(H,24,28). The quantitative estimate of drug-likeness (QED) is 0.762. The molecule has 152 valence electrons. The summed E-state index contributed by atoms with van der Waals surface area (Å²) in [6.07, 6.45) is -3.52. The van der Waals surface area contributed by atoms with Crippen LogP contribution in [-0.4, -0.2) is 30.6 Å². The summed E-state index contributed by atoms with van der Waals surface area (Å²) in [6.45, 7) is 0.639. The van der Waals surface area contributed by atoms with Crippen molar-refractivity contribution in [1.29, 1.82) is 0 Å². The number of carbonyl (C=O) groups is 3. The zero-order valence-electron chi connectivity index (χ0n) is 15.0. The van der Waals surface area contributed by atoms with Crippen molar-refractivity contribution in [1.82, 2.24) is 0 Å². The number of alkyl halides is 3. The topological polar surface area (TPSA) is 87.7 Å².